The van der Waals surface area contributed by atoms with Crippen molar-refractivity contribution in [3.05, 3.63) is 35.9 Å². The molecule has 112 valence electrons. The summed E-state index contributed by atoms with van der Waals surface area (Å²) in [6.45, 7) is 3.75. The number of nitrogens with one attached hydrogen (secondary N) is 1. The molecular weight excluding hydrogens is 276 g/mol. The van der Waals surface area contributed by atoms with Crippen LogP contribution in [0.15, 0.2) is 30.3 Å². The van der Waals surface area contributed by atoms with Crippen LogP contribution >= 0.6 is 0 Å². The van der Waals surface area contributed by atoms with Gasteiger partial charge in [-0.25, -0.2) is 0 Å². The quantitative estimate of drug-likeness (QED) is 0.866. The molecule has 1 aliphatic rings. The van der Waals surface area contributed by atoms with Crippen molar-refractivity contribution < 1.29 is 13.2 Å². The average Bonchev–Trinajstić information content (AvgIpc) is 2.47. The van der Waals surface area contributed by atoms with E-state index in [2.05, 4.69) is 11.6 Å². The third kappa shape index (κ3) is 4.02. The van der Waals surface area contributed by atoms with E-state index < -0.39 is 10.2 Å². The molecule has 0 radical (unpaired) electrons. The Morgan fingerprint density at radius 2 is 2.10 bits per heavy atom. The van der Waals surface area contributed by atoms with E-state index in [1.165, 1.54) is 0 Å². The first-order chi connectivity index (χ1) is 9.63. The third-order valence-corrected chi connectivity index (χ3v) is 5.01. The van der Waals surface area contributed by atoms with Gasteiger partial charge in [0.25, 0.3) is 10.2 Å². The second-order valence-electron chi connectivity index (χ2n) is 4.94. The van der Waals surface area contributed by atoms with Gasteiger partial charge in [0.1, 0.15) is 0 Å². The zero-order chi connectivity index (χ0) is 14.4. The molecule has 20 heavy (non-hydrogen) atoms. The standard InChI is InChI=1S/C14H22N2O3S/c1-2-6-14-12-19-10-9-16(14)20(17,18)15-11-13-7-4-3-5-8-13/h3-5,7-8,14-15H,2,6,9-12H2,1H3/t14-/m0/s1. The number of hydrogen-bond acceptors (Lipinski definition) is 3. The van der Waals surface area contributed by atoms with E-state index in [4.69, 9.17) is 4.74 Å². The molecule has 1 fully saturated rings. The van der Waals surface area contributed by atoms with Gasteiger partial charge in [0, 0.05) is 19.1 Å². The van der Waals surface area contributed by atoms with E-state index in [1.807, 2.05) is 30.3 Å². The third-order valence-electron chi connectivity index (χ3n) is 3.41. The predicted octanol–water partition coefficient (Wildman–Crippen LogP) is 1.52. The van der Waals surface area contributed by atoms with Crippen molar-refractivity contribution >= 4 is 10.2 Å². The maximum atomic E-state index is 12.4. The largest absolute Gasteiger partial charge is 0.378 e. The van der Waals surface area contributed by atoms with Gasteiger partial charge in [0.05, 0.1) is 13.2 Å². The van der Waals surface area contributed by atoms with Crippen LogP contribution in [-0.4, -0.2) is 38.5 Å². The first kappa shape index (κ1) is 15.4. The lowest BCUT2D eigenvalue weighted by molar-refractivity contribution is 0.0288. The zero-order valence-electron chi connectivity index (χ0n) is 11.8. The van der Waals surface area contributed by atoms with Crippen molar-refractivity contribution in [1.29, 1.82) is 0 Å². The summed E-state index contributed by atoms with van der Waals surface area (Å²) < 4.78 is 34.4. The number of morpholine rings is 1. The summed E-state index contributed by atoms with van der Waals surface area (Å²) in [5.41, 5.74) is 0.955. The molecule has 1 N–H and O–H groups in total. The highest BCUT2D eigenvalue weighted by molar-refractivity contribution is 7.87. The minimum atomic E-state index is -3.45. The molecule has 0 amide bonds. The maximum Gasteiger partial charge on any atom is 0.280 e. The van der Waals surface area contributed by atoms with Crippen molar-refractivity contribution in [1.82, 2.24) is 9.03 Å². The second-order valence-corrected chi connectivity index (χ2v) is 6.65. The van der Waals surface area contributed by atoms with Gasteiger partial charge in [0.15, 0.2) is 0 Å². The van der Waals surface area contributed by atoms with Gasteiger partial charge < -0.3 is 4.74 Å². The molecule has 1 saturated heterocycles. The number of ether oxygens (including phenoxy) is 1. The highest BCUT2D eigenvalue weighted by Crippen LogP contribution is 2.16. The van der Waals surface area contributed by atoms with Crippen molar-refractivity contribution in [2.24, 2.45) is 0 Å². The molecule has 2 rings (SSSR count). The van der Waals surface area contributed by atoms with Gasteiger partial charge in [-0.1, -0.05) is 43.7 Å². The van der Waals surface area contributed by atoms with Crippen LogP contribution in [0.25, 0.3) is 0 Å². The van der Waals surface area contributed by atoms with Crippen LogP contribution < -0.4 is 4.72 Å². The molecule has 6 heteroatoms. The summed E-state index contributed by atoms with van der Waals surface area (Å²) in [5, 5.41) is 0. The van der Waals surface area contributed by atoms with Gasteiger partial charge in [-0.3, -0.25) is 0 Å². The molecular formula is C14H22N2O3S. The molecule has 5 nitrogen and oxygen atoms in total. The Bertz CT molecular complexity index is 502. The minimum absolute atomic E-state index is 0.0537. The monoisotopic (exact) mass is 298 g/mol. The molecule has 1 aromatic carbocycles. The first-order valence-electron chi connectivity index (χ1n) is 7.01. The SMILES string of the molecule is CCC[C@H]1COCCN1S(=O)(=O)NCc1ccccc1. The van der Waals surface area contributed by atoms with Gasteiger partial charge in [-0.15, -0.1) is 0 Å². The van der Waals surface area contributed by atoms with Crippen molar-refractivity contribution in [2.75, 3.05) is 19.8 Å². The number of nitrogens with zero attached hydrogens (tertiary/aromatic N) is 1. The van der Waals surface area contributed by atoms with E-state index in [1.54, 1.807) is 4.31 Å². The lowest BCUT2D eigenvalue weighted by Gasteiger charge is -2.34. The van der Waals surface area contributed by atoms with Crippen LogP contribution in [0.3, 0.4) is 0 Å². The minimum Gasteiger partial charge on any atom is -0.378 e. The van der Waals surface area contributed by atoms with E-state index in [-0.39, 0.29) is 6.04 Å². The Kier molecular flexibility index (Phi) is 5.54. The fraction of sp³-hybridized carbons (Fsp3) is 0.571. The fourth-order valence-corrected chi connectivity index (χ4v) is 3.76. The summed E-state index contributed by atoms with van der Waals surface area (Å²) in [6.07, 6.45) is 1.77. The maximum absolute atomic E-state index is 12.4. The van der Waals surface area contributed by atoms with E-state index in [0.717, 1.165) is 18.4 Å². The summed E-state index contributed by atoms with van der Waals surface area (Å²) in [7, 11) is -3.45. The van der Waals surface area contributed by atoms with Crippen molar-refractivity contribution in [3.8, 4) is 0 Å². The summed E-state index contributed by atoms with van der Waals surface area (Å²) in [6, 6.07) is 9.48. The van der Waals surface area contributed by atoms with E-state index >= 15 is 0 Å². The van der Waals surface area contributed by atoms with Crippen LogP contribution in [0.1, 0.15) is 25.3 Å². The number of benzene rings is 1. The summed E-state index contributed by atoms with van der Waals surface area (Å²) >= 11 is 0. The molecule has 0 unspecified atom stereocenters. The highest BCUT2D eigenvalue weighted by Gasteiger charge is 2.31. The van der Waals surface area contributed by atoms with Crippen LogP contribution in [0.5, 0.6) is 0 Å². The van der Waals surface area contributed by atoms with Gasteiger partial charge >= 0.3 is 0 Å². The normalized spacial score (nSPS) is 20.9. The van der Waals surface area contributed by atoms with E-state index in [9.17, 15) is 8.42 Å². The van der Waals surface area contributed by atoms with Gasteiger partial charge in [-0.2, -0.15) is 17.4 Å². The van der Waals surface area contributed by atoms with Crippen molar-refractivity contribution in [3.63, 3.8) is 0 Å². The lowest BCUT2D eigenvalue weighted by Crippen LogP contribution is -2.52. The Hall–Kier alpha value is -0.950. The summed E-state index contributed by atoms with van der Waals surface area (Å²) in [5.74, 6) is 0. The molecule has 0 aliphatic carbocycles. The summed E-state index contributed by atoms with van der Waals surface area (Å²) in [4.78, 5) is 0. The fourth-order valence-electron chi connectivity index (χ4n) is 2.37. The zero-order valence-corrected chi connectivity index (χ0v) is 12.6. The number of rotatable bonds is 6. The topological polar surface area (TPSA) is 58.6 Å². The van der Waals surface area contributed by atoms with Crippen LogP contribution in [0, 0.1) is 0 Å². The van der Waals surface area contributed by atoms with Crippen LogP contribution in [0.4, 0.5) is 0 Å². The van der Waals surface area contributed by atoms with Crippen LogP contribution in [0.2, 0.25) is 0 Å². The smallest absolute Gasteiger partial charge is 0.280 e. The molecule has 0 saturated carbocycles. The van der Waals surface area contributed by atoms with Gasteiger partial charge in [-0.05, 0) is 12.0 Å². The molecule has 1 heterocycles. The molecule has 0 spiro atoms. The Morgan fingerprint density at radius 1 is 1.35 bits per heavy atom. The lowest BCUT2D eigenvalue weighted by atomic mass is 10.1. The predicted molar refractivity (Wildman–Crippen MR) is 78.4 cm³/mol. The Labute approximate surface area is 121 Å². The molecule has 1 aliphatic heterocycles. The Balaban J connectivity index is 2.01. The Morgan fingerprint density at radius 3 is 2.80 bits per heavy atom. The van der Waals surface area contributed by atoms with E-state index in [0.29, 0.717) is 26.3 Å². The molecule has 0 bridgehead atoms. The molecule has 0 aromatic heterocycles. The number of hydrogen-bond donors (Lipinski definition) is 1. The highest BCUT2D eigenvalue weighted by atomic mass is 32.2. The van der Waals surface area contributed by atoms with Crippen molar-refractivity contribution in [2.45, 2.75) is 32.4 Å². The average molecular weight is 298 g/mol. The molecule has 1 atom stereocenters. The van der Waals surface area contributed by atoms with Crippen LogP contribution in [-0.2, 0) is 21.5 Å². The molecule has 1 aromatic rings. The second kappa shape index (κ2) is 7.17. The first-order valence-corrected chi connectivity index (χ1v) is 8.45. The van der Waals surface area contributed by atoms with Gasteiger partial charge in [0.2, 0.25) is 0 Å².